The summed E-state index contributed by atoms with van der Waals surface area (Å²) >= 11 is 1.47. The van der Waals surface area contributed by atoms with Crippen molar-refractivity contribution in [2.75, 3.05) is 12.9 Å². The number of ether oxygens (including phenoxy) is 1. The summed E-state index contributed by atoms with van der Waals surface area (Å²) in [5.74, 6) is 1.00. The van der Waals surface area contributed by atoms with Crippen LogP contribution in [-0.4, -0.2) is 41.7 Å². The van der Waals surface area contributed by atoms with Gasteiger partial charge in [-0.15, -0.1) is 11.8 Å². The van der Waals surface area contributed by atoms with Gasteiger partial charge in [-0.05, 0) is 53.8 Å². The molecular formula is C32H37FN2O3S. The zero-order valence-corrected chi connectivity index (χ0v) is 23.3. The van der Waals surface area contributed by atoms with Gasteiger partial charge in [0.2, 0.25) is 11.8 Å². The van der Waals surface area contributed by atoms with Crippen molar-refractivity contribution < 1.29 is 18.7 Å². The zero-order valence-electron chi connectivity index (χ0n) is 22.5. The molecule has 0 saturated heterocycles. The lowest BCUT2D eigenvalue weighted by Crippen LogP contribution is -2.53. The van der Waals surface area contributed by atoms with Crippen LogP contribution in [0.5, 0.6) is 5.75 Å². The first-order valence-electron chi connectivity index (χ1n) is 13.6. The van der Waals surface area contributed by atoms with E-state index in [2.05, 4.69) is 5.32 Å². The summed E-state index contributed by atoms with van der Waals surface area (Å²) < 4.78 is 18.7. The number of hydrogen-bond acceptors (Lipinski definition) is 4. The van der Waals surface area contributed by atoms with E-state index in [0.29, 0.717) is 24.5 Å². The Balaban J connectivity index is 1.57. The largest absolute Gasteiger partial charge is 0.497 e. The smallest absolute Gasteiger partial charge is 0.243 e. The number of carbonyl (C=O) groups is 2. The summed E-state index contributed by atoms with van der Waals surface area (Å²) in [5, 5.41) is 3.27. The molecule has 39 heavy (non-hydrogen) atoms. The molecule has 0 aromatic heterocycles. The molecule has 1 aliphatic rings. The van der Waals surface area contributed by atoms with E-state index in [4.69, 9.17) is 4.74 Å². The SMILES string of the molecule is COc1cccc(CN(C(=O)CSCc2ccc(F)cc2)C(Cc2ccccc2)C(=O)NC2CCCCC2)c1. The molecule has 3 aromatic rings. The van der Waals surface area contributed by atoms with Crippen LogP contribution in [0, 0.1) is 5.82 Å². The number of carbonyl (C=O) groups excluding carboxylic acids is 2. The van der Waals surface area contributed by atoms with Crippen LogP contribution in [0.3, 0.4) is 0 Å². The number of benzene rings is 3. The van der Waals surface area contributed by atoms with E-state index in [0.717, 1.165) is 42.4 Å². The second kappa shape index (κ2) is 14.7. The molecule has 1 unspecified atom stereocenters. The van der Waals surface area contributed by atoms with Gasteiger partial charge < -0.3 is 15.0 Å². The number of rotatable bonds is 12. The van der Waals surface area contributed by atoms with Gasteiger partial charge in [0.05, 0.1) is 12.9 Å². The molecule has 4 rings (SSSR count). The third kappa shape index (κ3) is 8.85. The molecule has 7 heteroatoms. The zero-order chi connectivity index (χ0) is 27.5. The average Bonchev–Trinajstić information content (AvgIpc) is 2.97. The van der Waals surface area contributed by atoms with Crippen LogP contribution in [0.4, 0.5) is 4.39 Å². The van der Waals surface area contributed by atoms with Gasteiger partial charge in [-0.3, -0.25) is 9.59 Å². The quantitative estimate of drug-likeness (QED) is 0.295. The van der Waals surface area contributed by atoms with E-state index < -0.39 is 6.04 Å². The van der Waals surface area contributed by atoms with E-state index in [1.807, 2.05) is 54.6 Å². The van der Waals surface area contributed by atoms with E-state index in [9.17, 15) is 14.0 Å². The number of nitrogens with zero attached hydrogens (tertiary/aromatic N) is 1. The summed E-state index contributed by atoms with van der Waals surface area (Å²) in [6, 6.07) is 23.3. The summed E-state index contributed by atoms with van der Waals surface area (Å²) in [5.41, 5.74) is 2.85. The lowest BCUT2D eigenvalue weighted by Gasteiger charge is -2.33. The highest BCUT2D eigenvalue weighted by Gasteiger charge is 2.32. The molecule has 1 saturated carbocycles. The topological polar surface area (TPSA) is 58.6 Å². The van der Waals surface area contributed by atoms with Gasteiger partial charge >= 0.3 is 0 Å². The summed E-state index contributed by atoms with van der Waals surface area (Å²) in [6.07, 6.45) is 5.80. The molecule has 2 amide bonds. The van der Waals surface area contributed by atoms with Gasteiger partial charge in [-0.2, -0.15) is 0 Å². The molecule has 0 bridgehead atoms. The Hall–Kier alpha value is -3.32. The predicted octanol–water partition coefficient (Wildman–Crippen LogP) is 6.16. The van der Waals surface area contributed by atoms with Gasteiger partial charge in [0.15, 0.2) is 0 Å². The van der Waals surface area contributed by atoms with Gasteiger partial charge in [0, 0.05) is 24.8 Å². The van der Waals surface area contributed by atoms with Crippen molar-refractivity contribution in [2.45, 2.75) is 62.9 Å². The predicted molar refractivity (Wildman–Crippen MR) is 155 cm³/mol. The van der Waals surface area contributed by atoms with Crippen LogP contribution < -0.4 is 10.1 Å². The van der Waals surface area contributed by atoms with E-state index >= 15 is 0 Å². The van der Waals surface area contributed by atoms with Crippen molar-refractivity contribution in [3.05, 3.63) is 101 Å². The molecule has 0 heterocycles. The van der Waals surface area contributed by atoms with Crippen LogP contribution in [0.15, 0.2) is 78.9 Å². The number of amides is 2. The Morgan fingerprint density at radius 3 is 2.38 bits per heavy atom. The molecule has 206 valence electrons. The summed E-state index contributed by atoms with van der Waals surface area (Å²) in [4.78, 5) is 29.4. The van der Waals surface area contributed by atoms with Crippen molar-refractivity contribution >= 4 is 23.6 Å². The Bertz CT molecular complexity index is 1200. The molecule has 1 fully saturated rings. The van der Waals surface area contributed by atoms with Gasteiger partial charge in [0.1, 0.15) is 17.6 Å². The lowest BCUT2D eigenvalue weighted by atomic mass is 9.94. The minimum atomic E-state index is -0.653. The number of hydrogen-bond donors (Lipinski definition) is 1. The minimum absolute atomic E-state index is 0.106. The number of methoxy groups -OCH3 is 1. The Morgan fingerprint density at radius 2 is 1.67 bits per heavy atom. The molecule has 1 N–H and O–H groups in total. The van der Waals surface area contributed by atoms with E-state index in [1.54, 1.807) is 24.1 Å². The van der Waals surface area contributed by atoms with Crippen LogP contribution in [0.1, 0.15) is 48.8 Å². The lowest BCUT2D eigenvalue weighted by molar-refractivity contribution is -0.139. The molecule has 0 spiro atoms. The first-order valence-corrected chi connectivity index (χ1v) is 14.8. The Kier molecular flexibility index (Phi) is 10.8. The molecule has 0 radical (unpaired) electrons. The monoisotopic (exact) mass is 548 g/mol. The number of halogens is 1. The average molecular weight is 549 g/mol. The van der Waals surface area contributed by atoms with Crippen molar-refractivity contribution in [2.24, 2.45) is 0 Å². The second-order valence-electron chi connectivity index (χ2n) is 10.0. The number of thioether (sulfide) groups is 1. The minimum Gasteiger partial charge on any atom is -0.497 e. The Labute approximate surface area is 235 Å². The maximum Gasteiger partial charge on any atom is 0.243 e. The highest BCUT2D eigenvalue weighted by Crippen LogP contribution is 2.22. The maximum absolute atomic E-state index is 13.8. The second-order valence-corrected chi connectivity index (χ2v) is 11.0. The molecule has 0 aliphatic heterocycles. The highest BCUT2D eigenvalue weighted by atomic mass is 32.2. The van der Waals surface area contributed by atoms with Gasteiger partial charge in [0.25, 0.3) is 0 Å². The summed E-state index contributed by atoms with van der Waals surface area (Å²) in [6.45, 7) is 0.294. The third-order valence-electron chi connectivity index (χ3n) is 7.12. The van der Waals surface area contributed by atoms with Crippen molar-refractivity contribution in [3.8, 4) is 5.75 Å². The van der Waals surface area contributed by atoms with Crippen molar-refractivity contribution in [3.63, 3.8) is 0 Å². The van der Waals surface area contributed by atoms with Crippen LogP contribution >= 0.6 is 11.8 Å². The van der Waals surface area contributed by atoms with Gasteiger partial charge in [-0.1, -0.05) is 73.9 Å². The fourth-order valence-electron chi connectivity index (χ4n) is 4.99. The number of nitrogens with one attached hydrogen (secondary N) is 1. The normalized spacial score (nSPS) is 14.4. The van der Waals surface area contributed by atoms with Crippen molar-refractivity contribution in [1.29, 1.82) is 0 Å². The molecule has 1 aliphatic carbocycles. The first kappa shape index (κ1) is 28.7. The van der Waals surface area contributed by atoms with Crippen LogP contribution in [0.2, 0.25) is 0 Å². The first-order chi connectivity index (χ1) is 19.0. The third-order valence-corrected chi connectivity index (χ3v) is 8.11. The van der Waals surface area contributed by atoms with E-state index in [1.165, 1.54) is 30.3 Å². The van der Waals surface area contributed by atoms with E-state index in [-0.39, 0.29) is 29.4 Å². The molecule has 3 aromatic carbocycles. The summed E-state index contributed by atoms with van der Waals surface area (Å²) in [7, 11) is 1.62. The highest BCUT2D eigenvalue weighted by molar-refractivity contribution is 7.99. The molecule has 5 nitrogen and oxygen atoms in total. The fourth-order valence-corrected chi connectivity index (χ4v) is 5.86. The molecular weight excluding hydrogens is 511 g/mol. The van der Waals surface area contributed by atoms with Crippen LogP contribution in [0.25, 0.3) is 0 Å². The molecule has 1 atom stereocenters. The standard InChI is InChI=1S/C32H37FN2O3S/c1-38-29-14-8-11-26(19-29)21-35(31(36)23-39-22-25-15-17-27(33)18-16-25)30(20-24-9-4-2-5-10-24)32(37)34-28-12-6-3-7-13-28/h2,4-5,8-11,14-19,28,30H,3,6-7,12-13,20-23H2,1H3,(H,34,37). The Morgan fingerprint density at radius 1 is 0.949 bits per heavy atom. The van der Waals surface area contributed by atoms with Gasteiger partial charge in [-0.25, -0.2) is 4.39 Å². The maximum atomic E-state index is 13.8. The fraction of sp³-hybridized carbons (Fsp3) is 0.375. The van der Waals surface area contributed by atoms with Crippen molar-refractivity contribution in [1.82, 2.24) is 10.2 Å². The van der Waals surface area contributed by atoms with Crippen LogP contribution in [-0.2, 0) is 28.3 Å².